The number of β-lactam (4-membered cyclic amide) rings is 1. The number of thioether (sulfide) groups is 2. The standard InChI is InChI=1S/C18H16ClN7O6S2/c1-25-18(21-23-24-25)34-6-8-5-33-16-12(15(29)26(16)13(8)17(30)31)20-14(28)11(22-32)7-2-3-10(27)9(19)4-7/h2-4,11-12,16,27H,5-6H2,1H3,(H,20,28)(H,30,31)/t11?,12?,16-/m0/s1. The number of nitrogens with one attached hydrogen (secondary N) is 1. The third-order valence-electron chi connectivity index (χ3n) is 5.15. The highest BCUT2D eigenvalue weighted by molar-refractivity contribution is 8.01. The van der Waals surface area contributed by atoms with Gasteiger partial charge in [0.2, 0.25) is 5.16 Å². The number of phenols is 1. The number of phenolic OH excluding ortho intramolecular Hbond substituents is 1. The maximum Gasteiger partial charge on any atom is 0.352 e. The summed E-state index contributed by atoms with van der Waals surface area (Å²) in [4.78, 5) is 50.0. The molecule has 0 radical (unpaired) electrons. The van der Waals surface area contributed by atoms with Gasteiger partial charge in [-0.05, 0) is 33.7 Å². The van der Waals surface area contributed by atoms with Crippen molar-refractivity contribution in [2.24, 2.45) is 12.2 Å². The largest absolute Gasteiger partial charge is 0.506 e. The lowest BCUT2D eigenvalue weighted by atomic mass is 10.0. The zero-order valence-electron chi connectivity index (χ0n) is 17.3. The average molecular weight is 526 g/mol. The smallest absolute Gasteiger partial charge is 0.352 e. The number of fused-ring (bicyclic) bond motifs is 1. The molecular weight excluding hydrogens is 510 g/mol. The Labute approximate surface area is 204 Å². The number of aliphatic carboxylic acids is 1. The zero-order valence-corrected chi connectivity index (χ0v) is 19.7. The molecule has 0 bridgehead atoms. The van der Waals surface area contributed by atoms with Crippen LogP contribution in [0.4, 0.5) is 0 Å². The summed E-state index contributed by atoms with van der Waals surface area (Å²) in [6, 6.07) is 1.24. The van der Waals surface area contributed by atoms with Gasteiger partial charge in [0.25, 0.3) is 11.8 Å². The number of amides is 2. The molecule has 2 aromatic rings. The summed E-state index contributed by atoms with van der Waals surface area (Å²) in [5.74, 6) is -2.37. The third-order valence-corrected chi connectivity index (χ3v) is 7.88. The number of carbonyl (C=O) groups excluding carboxylic acids is 2. The number of benzene rings is 1. The molecule has 0 aliphatic carbocycles. The Kier molecular flexibility index (Phi) is 6.77. The van der Waals surface area contributed by atoms with Crippen LogP contribution >= 0.6 is 35.1 Å². The molecule has 16 heteroatoms. The molecule has 0 spiro atoms. The van der Waals surface area contributed by atoms with Crippen LogP contribution in [0.1, 0.15) is 11.6 Å². The summed E-state index contributed by atoms with van der Waals surface area (Å²) in [6.45, 7) is 0. The number of nitrogens with zero attached hydrogens (tertiary/aromatic N) is 6. The number of carbonyl (C=O) groups is 3. The van der Waals surface area contributed by atoms with Crippen molar-refractivity contribution < 1.29 is 24.6 Å². The molecule has 1 aromatic heterocycles. The summed E-state index contributed by atoms with van der Waals surface area (Å²) in [5.41, 5.74) is 0.516. The molecular formula is C18H16ClN7O6S2. The average Bonchev–Trinajstić information content (AvgIpc) is 3.22. The first-order valence-corrected chi connectivity index (χ1v) is 12.0. The summed E-state index contributed by atoms with van der Waals surface area (Å²) < 4.78 is 1.45. The Balaban J connectivity index is 1.48. The lowest BCUT2D eigenvalue weighted by molar-refractivity contribution is -0.150. The Morgan fingerprint density at radius 2 is 2.21 bits per heavy atom. The van der Waals surface area contributed by atoms with Crippen molar-refractivity contribution in [2.45, 2.75) is 22.6 Å². The minimum atomic E-state index is -1.50. The van der Waals surface area contributed by atoms with Gasteiger partial charge in [0.05, 0.1) is 5.02 Å². The number of tetrazole rings is 1. The van der Waals surface area contributed by atoms with Gasteiger partial charge in [-0.3, -0.25) is 14.5 Å². The molecule has 178 valence electrons. The number of hydrogen-bond donors (Lipinski definition) is 3. The molecule has 3 N–H and O–H groups in total. The van der Waals surface area contributed by atoms with E-state index in [2.05, 4.69) is 26.0 Å². The molecule has 2 amide bonds. The van der Waals surface area contributed by atoms with Gasteiger partial charge >= 0.3 is 5.97 Å². The van der Waals surface area contributed by atoms with Gasteiger partial charge < -0.3 is 15.5 Å². The van der Waals surface area contributed by atoms with Crippen molar-refractivity contribution >= 4 is 52.9 Å². The molecule has 1 saturated heterocycles. The number of nitroso groups, excluding NO2 is 1. The number of aromatic hydroxyl groups is 1. The molecule has 1 fully saturated rings. The van der Waals surface area contributed by atoms with Gasteiger partial charge in [0.1, 0.15) is 22.9 Å². The monoisotopic (exact) mass is 525 g/mol. The van der Waals surface area contributed by atoms with Gasteiger partial charge in [-0.2, -0.15) is 0 Å². The van der Waals surface area contributed by atoms with Crippen molar-refractivity contribution in [3.8, 4) is 5.75 Å². The lowest BCUT2D eigenvalue weighted by Gasteiger charge is -2.49. The first kappa shape index (κ1) is 24.0. The molecule has 2 unspecified atom stereocenters. The second kappa shape index (κ2) is 9.60. The second-order valence-electron chi connectivity index (χ2n) is 7.25. The van der Waals surface area contributed by atoms with Gasteiger partial charge in [0.15, 0.2) is 6.04 Å². The number of hydrogen-bond acceptors (Lipinski definition) is 11. The van der Waals surface area contributed by atoms with E-state index in [-0.39, 0.29) is 27.8 Å². The molecule has 4 rings (SSSR count). The molecule has 2 aliphatic rings. The van der Waals surface area contributed by atoms with Crippen LogP contribution in [0.25, 0.3) is 0 Å². The van der Waals surface area contributed by atoms with Crippen LogP contribution in [0, 0.1) is 4.91 Å². The van der Waals surface area contributed by atoms with E-state index in [4.69, 9.17) is 11.6 Å². The van der Waals surface area contributed by atoms with E-state index in [9.17, 15) is 29.5 Å². The highest BCUT2D eigenvalue weighted by atomic mass is 35.5. The Morgan fingerprint density at radius 1 is 1.44 bits per heavy atom. The molecule has 0 saturated carbocycles. The molecule has 13 nitrogen and oxygen atoms in total. The Morgan fingerprint density at radius 3 is 2.82 bits per heavy atom. The van der Waals surface area contributed by atoms with Crippen molar-refractivity contribution in [3.63, 3.8) is 0 Å². The predicted octanol–water partition coefficient (Wildman–Crippen LogP) is 0.908. The first-order chi connectivity index (χ1) is 16.2. The maximum atomic E-state index is 12.8. The highest BCUT2D eigenvalue weighted by Crippen LogP contribution is 2.41. The quantitative estimate of drug-likeness (QED) is 0.253. The van der Waals surface area contributed by atoms with E-state index in [1.807, 2.05) is 0 Å². The SMILES string of the molecule is Cn1nnnc1SCC1=C(C(=O)O)N2C(=O)C(NC(=O)C(N=O)c3ccc(O)c(Cl)c3)[C@@H]2SC1. The van der Waals surface area contributed by atoms with E-state index >= 15 is 0 Å². The fraction of sp³-hybridized carbons (Fsp3) is 0.333. The van der Waals surface area contributed by atoms with Crippen LogP contribution in [0.2, 0.25) is 5.02 Å². The van der Waals surface area contributed by atoms with Gasteiger partial charge in [-0.15, -0.1) is 21.8 Å². The normalized spacial score (nSPS) is 20.4. The number of carboxylic acids is 1. The molecule has 34 heavy (non-hydrogen) atoms. The predicted molar refractivity (Wildman–Crippen MR) is 121 cm³/mol. The zero-order chi connectivity index (χ0) is 24.6. The van der Waals surface area contributed by atoms with Crippen LogP contribution < -0.4 is 5.32 Å². The number of rotatable bonds is 8. The number of halogens is 1. The fourth-order valence-electron chi connectivity index (χ4n) is 3.48. The number of aromatic nitrogens is 4. The lowest BCUT2D eigenvalue weighted by Crippen LogP contribution is -2.70. The fourth-order valence-corrected chi connectivity index (χ4v) is 6.00. The van der Waals surface area contributed by atoms with Gasteiger partial charge in [0, 0.05) is 18.6 Å². The van der Waals surface area contributed by atoms with Crippen molar-refractivity contribution in [3.05, 3.63) is 45.0 Å². The van der Waals surface area contributed by atoms with Crippen LogP contribution in [0.3, 0.4) is 0 Å². The third kappa shape index (κ3) is 4.33. The molecule has 2 aliphatic heterocycles. The highest BCUT2D eigenvalue weighted by Gasteiger charge is 2.54. The van der Waals surface area contributed by atoms with E-state index in [0.717, 1.165) is 4.90 Å². The van der Waals surface area contributed by atoms with E-state index < -0.39 is 35.2 Å². The van der Waals surface area contributed by atoms with Gasteiger partial charge in [-0.1, -0.05) is 34.6 Å². The van der Waals surface area contributed by atoms with Crippen molar-refractivity contribution in [1.29, 1.82) is 0 Å². The summed E-state index contributed by atoms with van der Waals surface area (Å²) in [7, 11) is 1.65. The van der Waals surface area contributed by atoms with E-state index in [0.29, 0.717) is 16.5 Å². The maximum absolute atomic E-state index is 12.8. The minimum Gasteiger partial charge on any atom is -0.506 e. The Hall–Kier alpha value is -3.17. The summed E-state index contributed by atoms with van der Waals surface area (Å²) >= 11 is 8.37. The number of aryl methyl sites for hydroxylation is 1. The summed E-state index contributed by atoms with van der Waals surface area (Å²) in [6.07, 6.45) is 0. The van der Waals surface area contributed by atoms with Crippen molar-refractivity contribution in [1.82, 2.24) is 30.4 Å². The first-order valence-electron chi connectivity index (χ1n) is 9.59. The van der Waals surface area contributed by atoms with Crippen LogP contribution in [0.15, 0.2) is 39.8 Å². The second-order valence-corrected chi connectivity index (χ2v) is 9.70. The minimum absolute atomic E-state index is 0.0635. The van der Waals surface area contributed by atoms with Crippen LogP contribution in [0.5, 0.6) is 5.75 Å². The van der Waals surface area contributed by atoms with E-state index in [1.165, 1.54) is 46.4 Å². The van der Waals surface area contributed by atoms with E-state index in [1.54, 1.807) is 7.05 Å². The summed E-state index contributed by atoms with van der Waals surface area (Å²) in [5, 5.41) is 35.5. The molecule has 3 atom stereocenters. The molecule has 1 aromatic carbocycles. The van der Waals surface area contributed by atoms with Gasteiger partial charge in [-0.25, -0.2) is 9.48 Å². The van der Waals surface area contributed by atoms with Crippen LogP contribution in [-0.2, 0) is 21.4 Å². The number of carboxylic acid groups (broad SMARTS) is 1. The molecule has 3 heterocycles. The Bertz CT molecular complexity index is 1220. The topological polar surface area (TPSA) is 180 Å². The van der Waals surface area contributed by atoms with Crippen LogP contribution in [-0.4, -0.2) is 76.0 Å². The van der Waals surface area contributed by atoms with Crippen molar-refractivity contribution in [2.75, 3.05) is 11.5 Å².